The normalized spacial score (nSPS) is 18.2. The summed E-state index contributed by atoms with van der Waals surface area (Å²) in [7, 11) is 0. The smallest absolute Gasteiger partial charge is 0.303 e. The molecule has 5 nitrogen and oxygen atoms in total. The van der Waals surface area contributed by atoms with Gasteiger partial charge in [0, 0.05) is 24.0 Å². The predicted molar refractivity (Wildman–Crippen MR) is 137 cm³/mol. The number of nitrogens with zero attached hydrogens (tertiary/aromatic N) is 1. The number of hydrogen-bond acceptors (Lipinski definition) is 4. The molecule has 3 atom stereocenters. The van der Waals surface area contributed by atoms with Crippen molar-refractivity contribution < 1.29 is 19.7 Å². The molecule has 0 spiro atoms. The molecule has 2 N–H and O–H groups in total. The van der Waals surface area contributed by atoms with Gasteiger partial charge in [-0.1, -0.05) is 54.4 Å². The minimum Gasteiger partial charge on any atom is -0.481 e. The van der Waals surface area contributed by atoms with Crippen molar-refractivity contribution in [2.24, 2.45) is 0 Å². The summed E-state index contributed by atoms with van der Waals surface area (Å²) in [6, 6.07) is 12.8. The topological polar surface area (TPSA) is 70.0 Å². The second kappa shape index (κ2) is 12.7. The van der Waals surface area contributed by atoms with Gasteiger partial charge >= 0.3 is 5.97 Å². The number of β-amino-alcohol motifs (C(OH)–C–C–N with tert-alkyl or cyclic N) is 1. The molecule has 1 heterocycles. The van der Waals surface area contributed by atoms with Crippen LogP contribution in [-0.2, 0) is 28.8 Å². The third-order valence-electron chi connectivity index (χ3n) is 6.79. The molecule has 1 aliphatic heterocycles. The zero-order valence-corrected chi connectivity index (χ0v) is 21.4. The van der Waals surface area contributed by atoms with Crippen molar-refractivity contribution in [2.75, 3.05) is 19.7 Å². The van der Waals surface area contributed by atoms with Crippen LogP contribution in [-0.4, -0.2) is 52.9 Å². The number of carbonyl (C=O) groups is 1. The van der Waals surface area contributed by atoms with Crippen LogP contribution >= 0.6 is 11.6 Å². The predicted octanol–water partition coefficient (Wildman–Crippen LogP) is 5.37. The first-order chi connectivity index (χ1) is 16.3. The average molecular weight is 488 g/mol. The van der Waals surface area contributed by atoms with Gasteiger partial charge in [0.05, 0.1) is 18.8 Å². The minimum absolute atomic E-state index is 0.0928. The van der Waals surface area contributed by atoms with Crippen LogP contribution in [0.5, 0.6) is 0 Å². The molecule has 2 aromatic rings. The maximum absolute atomic E-state index is 11.0. The van der Waals surface area contributed by atoms with E-state index in [0.29, 0.717) is 19.0 Å². The van der Waals surface area contributed by atoms with E-state index >= 15 is 0 Å². The second-order valence-electron chi connectivity index (χ2n) is 9.50. The minimum atomic E-state index is -0.805. The fraction of sp³-hybridized carbons (Fsp3) is 0.536. The number of ether oxygens (including phenoxy) is 1. The summed E-state index contributed by atoms with van der Waals surface area (Å²) in [5.74, 6) is -0.805. The Balaban J connectivity index is 1.54. The molecule has 3 rings (SSSR count). The van der Waals surface area contributed by atoms with Gasteiger partial charge in [-0.2, -0.15) is 0 Å². The van der Waals surface area contributed by atoms with Gasteiger partial charge in [0.2, 0.25) is 0 Å². The van der Waals surface area contributed by atoms with E-state index in [9.17, 15) is 9.90 Å². The van der Waals surface area contributed by atoms with Crippen molar-refractivity contribution in [1.82, 2.24) is 4.90 Å². The fourth-order valence-corrected chi connectivity index (χ4v) is 5.17. The molecular formula is C28H38ClNO4. The molecule has 1 fully saturated rings. The molecule has 186 valence electrons. The van der Waals surface area contributed by atoms with Crippen molar-refractivity contribution >= 4 is 17.6 Å². The highest BCUT2D eigenvalue weighted by Gasteiger charge is 2.27. The molecular weight excluding hydrogens is 450 g/mol. The number of carboxylic acid groups (broad SMARTS) is 1. The van der Waals surface area contributed by atoms with Gasteiger partial charge < -0.3 is 14.9 Å². The lowest BCUT2D eigenvalue weighted by Gasteiger charge is -2.28. The number of aliphatic hydroxyl groups is 1. The molecule has 0 unspecified atom stereocenters. The molecule has 0 aromatic heterocycles. The van der Waals surface area contributed by atoms with E-state index in [1.807, 2.05) is 38.1 Å². The van der Waals surface area contributed by atoms with E-state index in [1.54, 1.807) is 0 Å². The Kier molecular flexibility index (Phi) is 9.96. The molecule has 0 aliphatic carbocycles. The molecule has 0 radical (unpaired) electrons. The molecule has 1 saturated heterocycles. The average Bonchev–Trinajstić information content (AvgIpc) is 3.23. The van der Waals surface area contributed by atoms with Gasteiger partial charge in [-0.15, -0.1) is 0 Å². The lowest BCUT2D eigenvalue weighted by Crippen LogP contribution is -2.39. The summed E-state index contributed by atoms with van der Waals surface area (Å²) in [5, 5.41) is 20.6. The summed E-state index contributed by atoms with van der Waals surface area (Å²) in [6.07, 6.45) is 3.93. The molecule has 34 heavy (non-hydrogen) atoms. The van der Waals surface area contributed by atoms with Crippen LogP contribution in [0.1, 0.15) is 67.0 Å². The van der Waals surface area contributed by atoms with Crippen molar-refractivity contribution in [3.63, 3.8) is 0 Å². The molecule has 0 amide bonds. The molecule has 1 aliphatic rings. The maximum Gasteiger partial charge on any atom is 0.303 e. The molecule has 6 heteroatoms. The standard InChI is InChI=1S/C28H38ClNO4/c1-4-22-15-21(8-11-27(22)29)16-24-6-5-13-30(24)17-25(31)18-34-20(3)26-10-7-19(2)14-23(26)9-12-28(32)33/h7-8,10-11,14-15,20,24-25,31H,4-6,9,12-13,16-18H2,1-3H3,(H,32,33)/t20-,24+,25-/m1/s1. The van der Waals surface area contributed by atoms with Gasteiger partial charge in [-0.25, -0.2) is 0 Å². The number of rotatable bonds is 12. The monoisotopic (exact) mass is 487 g/mol. The zero-order chi connectivity index (χ0) is 24.7. The third kappa shape index (κ3) is 7.54. The van der Waals surface area contributed by atoms with Gasteiger partial charge in [0.25, 0.3) is 0 Å². The molecule has 0 saturated carbocycles. The highest BCUT2D eigenvalue weighted by molar-refractivity contribution is 6.31. The number of likely N-dealkylation sites (tertiary alicyclic amines) is 1. The van der Waals surface area contributed by atoms with Gasteiger partial charge in [0.15, 0.2) is 0 Å². The van der Waals surface area contributed by atoms with Crippen molar-refractivity contribution in [3.8, 4) is 0 Å². The number of halogens is 1. The lowest BCUT2D eigenvalue weighted by atomic mass is 9.97. The van der Waals surface area contributed by atoms with Gasteiger partial charge in [-0.3, -0.25) is 9.69 Å². The van der Waals surface area contributed by atoms with Crippen LogP contribution in [0, 0.1) is 6.92 Å². The van der Waals surface area contributed by atoms with Crippen molar-refractivity contribution in [3.05, 3.63) is 69.2 Å². The van der Waals surface area contributed by atoms with E-state index in [4.69, 9.17) is 21.4 Å². The fourth-order valence-electron chi connectivity index (χ4n) is 4.92. The van der Waals surface area contributed by atoms with Crippen LogP contribution in [0.15, 0.2) is 36.4 Å². The first-order valence-corrected chi connectivity index (χ1v) is 12.8. The lowest BCUT2D eigenvalue weighted by molar-refractivity contribution is -0.136. The quantitative estimate of drug-likeness (QED) is 0.421. The Bertz CT molecular complexity index is 963. The Hall–Kier alpha value is -1.92. The molecule has 0 bridgehead atoms. The number of aryl methyl sites for hydroxylation is 3. The Morgan fingerprint density at radius 2 is 2.03 bits per heavy atom. The number of aliphatic carboxylic acids is 1. The summed E-state index contributed by atoms with van der Waals surface area (Å²) in [5.41, 5.74) is 5.57. The maximum atomic E-state index is 11.0. The summed E-state index contributed by atoms with van der Waals surface area (Å²) in [6.45, 7) is 7.91. The van der Waals surface area contributed by atoms with E-state index in [-0.39, 0.29) is 19.1 Å². The van der Waals surface area contributed by atoms with E-state index in [2.05, 4.69) is 24.0 Å². The number of benzene rings is 2. The van der Waals surface area contributed by atoms with Crippen LogP contribution in [0.25, 0.3) is 0 Å². The Labute approximate surface area is 208 Å². The number of carboxylic acids is 1. The SMILES string of the molecule is CCc1cc(C[C@@H]2CCCN2C[C@@H](O)CO[C@H](C)c2ccc(C)cc2CCC(=O)O)ccc1Cl. The zero-order valence-electron chi connectivity index (χ0n) is 20.6. The number of aliphatic hydroxyl groups excluding tert-OH is 1. The van der Waals surface area contributed by atoms with Gasteiger partial charge in [-0.05, 0) is 80.8 Å². The Morgan fingerprint density at radius 1 is 1.24 bits per heavy atom. The van der Waals surface area contributed by atoms with Crippen LogP contribution in [0.2, 0.25) is 5.02 Å². The highest BCUT2D eigenvalue weighted by Crippen LogP contribution is 2.26. The second-order valence-corrected chi connectivity index (χ2v) is 9.91. The van der Waals surface area contributed by atoms with Crippen molar-refractivity contribution in [1.29, 1.82) is 0 Å². The largest absolute Gasteiger partial charge is 0.481 e. The first kappa shape index (κ1) is 26.7. The number of hydrogen-bond donors (Lipinski definition) is 2. The van der Waals surface area contributed by atoms with E-state index in [1.165, 1.54) is 11.1 Å². The third-order valence-corrected chi connectivity index (χ3v) is 7.16. The highest BCUT2D eigenvalue weighted by atomic mass is 35.5. The van der Waals surface area contributed by atoms with Crippen LogP contribution in [0.3, 0.4) is 0 Å². The van der Waals surface area contributed by atoms with E-state index in [0.717, 1.165) is 53.9 Å². The van der Waals surface area contributed by atoms with E-state index < -0.39 is 12.1 Å². The van der Waals surface area contributed by atoms with Crippen molar-refractivity contribution in [2.45, 2.75) is 77.5 Å². The Morgan fingerprint density at radius 3 is 2.76 bits per heavy atom. The summed E-state index contributed by atoms with van der Waals surface area (Å²) >= 11 is 6.28. The molecule has 2 aromatic carbocycles. The van der Waals surface area contributed by atoms with Crippen LogP contribution in [0.4, 0.5) is 0 Å². The summed E-state index contributed by atoms with van der Waals surface area (Å²) in [4.78, 5) is 13.4. The van der Waals surface area contributed by atoms with Gasteiger partial charge in [0.1, 0.15) is 0 Å². The summed E-state index contributed by atoms with van der Waals surface area (Å²) < 4.78 is 6.05. The first-order valence-electron chi connectivity index (χ1n) is 12.4. The van der Waals surface area contributed by atoms with Crippen LogP contribution < -0.4 is 0 Å².